The standard InChI is InChI=1S/C17H17N3O5S/c1-18-17(23)13-4-2-3-11(8-13)7-12-5-6-14(15(21)9-12)20-10-16(22)19-26(20,24)25/h2-6,8-9,21H,7,10H2,1H3,(H,18,23)(H,19,22). The van der Waals surface area contributed by atoms with Crippen molar-refractivity contribution in [3.8, 4) is 5.75 Å². The van der Waals surface area contributed by atoms with E-state index in [0.717, 1.165) is 15.4 Å². The Balaban J connectivity index is 1.85. The van der Waals surface area contributed by atoms with E-state index in [9.17, 15) is 23.1 Å². The van der Waals surface area contributed by atoms with E-state index in [-0.39, 0.29) is 23.9 Å². The lowest BCUT2D eigenvalue weighted by Crippen LogP contribution is -2.29. The fourth-order valence-corrected chi connectivity index (χ4v) is 3.92. The molecule has 3 rings (SSSR count). The number of phenolic OH excluding ortho intramolecular Hbond substituents is 1. The third-order valence-corrected chi connectivity index (χ3v) is 5.34. The SMILES string of the molecule is CNC(=O)c1cccc(Cc2ccc(N3CC(=O)NS3(=O)=O)c(O)c2)c1. The van der Waals surface area contributed by atoms with Gasteiger partial charge in [0.2, 0.25) is 0 Å². The van der Waals surface area contributed by atoms with Crippen molar-refractivity contribution in [1.82, 2.24) is 10.0 Å². The quantitative estimate of drug-likeness (QED) is 0.721. The average Bonchev–Trinajstić information content (AvgIpc) is 2.86. The van der Waals surface area contributed by atoms with Gasteiger partial charge in [-0.2, -0.15) is 8.42 Å². The first-order valence-corrected chi connectivity index (χ1v) is 9.20. The number of hydrogen-bond acceptors (Lipinski definition) is 5. The number of hydrogen-bond donors (Lipinski definition) is 3. The van der Waals surface area contributed by atoms with Crippen LogP contribution >= 0.6 is 0 Å². The van der Waals surface area contributed by atoms with Gasteiger partial charge in [0, 0.05) is 12.6 Å². The zero-order chi connectivity index (χ0) is 18.9. The first kappa shape index (κ1) is 17.7. The minimum absolute atomic E-state index is 0.0335. The van der Waals surface area contributed by atoms with Crippen molar-refractivity contribution >= 4 is 27.7 Å². The van der Waals surface area contributed by atoms with Crippen LogP contribution in [0.4, 0.5) is 5.69 Å². The summed E-state index contributed by atoms with van der Waals surface area (Å²) >= 11 is 0. The summed E-state index contributed by atoms with van der Waals surface area (Å²) in [5, 5.41) is 12.8. The van der Waals surface area contributed by atoms with E-state index in [1.54, 1.807) is 31.3 Å². The Morgan fingerprint density at radius 1 is 1.23 bits per heavy atom. The van der Waals surface area contributed by atoms with Crippen molar-refractivity contribution in [2.24, 2.45) is 0 Å². The van der Waals surface area contributed by atoms with Gasteiger partial charge in [-0.3, -0.25) is 9.59 Å². The molecule has 3 N–H and O–H groups in total. The first-order valence-electron chi connectivity index (χ1n) is 7.76. The van der Waals surface area contributed by atoms with Crippen LogP contribution in [0.25, 0.3) is 0 Å². The molecule has 1 fully saturated rings. The van der Waals surface area contributed by atoms with Crippen LogP contribution in [0.3, 0.4) is 0 Å². The average molecular weight is 375 g/mol. The summed E-state index contributed by atoms with van der Waals surface area (Å²) in [7, 11) is -2.42. The van der Waals surface area contributed by atoms with E-state index in [0.29, 0.717) is 12.0 Å². The Morgan fingerprint density at radius 3 is 2.58 bits per heavy atom. The molecule has 0 unspecified atom stereocenters. The molecular formula is C17H17N3O5S. The molecule has 26 heavy (non-hydrogen) atoms. The Kier molecular flexibility index (Phi) is 4.56. The molecular weight excluding hydrogens is 358 g/mol. The molecule has 1 heterocycles. The van der Waals surface area contributed by atoms with Gasteiger partial charge in [0.1, 0.15) is 12.3 Å². The molecule has 2 amide bonds. The molecule has 0 atom stereocenters. The molecule has 0 radical (unpaired) electrons. The molecule has 8 nitrogen and oxygen atoms in total. The number of carbonyl (C=O) groups is 2. The van der Waals surface area contributed by atoms with Crippen LogP contribution in [0.1, 0.15) is 21.5 Å². The van der Waals surface area contributed by atoms with Gasteiger partial charge in [0.25, 0.3) is 11.8 Å². The molecule has 0 aliphatic carbocycles. The van der Waals surface area contributed by atoms with Gasteiger partial charge in [0.15, 0.2) is 0 Å². The summed E-state index contributed by atoms with van der Waals surface area (Å²) in [6.45, 7) is -0.372. The third-order valence-electron chi connectivity index (χ3n) is 3.95. The molecule has 9 heteroatoms. The second-order valence-corrected chi connectivity index (χ2v) is 7.41. The molecule has 0 spiro atoms. The fraction of sp³-hybridized carbons (Fsp3) is 0.176. The third kappa shape index (κ3) is 3.47. The highest BCUT2D eigenvalue weighted by Crippen LogP contribution is 2.32. The highest BCUT2D eigenvalue weighted by Gasteiger charge is 2.35. The lowest BCUT2D eigenvalue weighted by Gasteiger charge is -2.16. The summed E-state index contributed by atoms with van der Waals surface area (Å²) in [5.74, 6) is -1.09. The summed E-state index contributed by atoms with van der Waals surface area (Å²) in [6, 6.07) is 11.6. The Hall–Kier alpha value is -3.07. The summed E-state index contributed by atoms with van der Waals surface area (Å²) < 4.78 is 26.4. The molecule has 1 aliphatic rings. The predicted molar refractivity (Wildman–Crippen MR) is 95.2 cm³/mol. The lowest BCUT2D eigenvalue weighted by atomic mass is 10.0. The fourth-order valence-electron chi connectivity index (χ4n) is 2.75. The number of phenols is 1. The number of rotatable bonds is 4. The second-order valence-electron chi connectivity index (χ2n) is 5.82. The second kappa shape index (κ2) is 6.68. The van der Waals surface area contributed by atoms with Gasteiger partial charge in [-0.1, -0.05) is 18.2 Å². The van der Waals surface area contributed by atoms with Gasteiger partial charge in [-0.15, -0.1) is 0 Å². The zero-order valence-electron chi connectivity index (χ0n) is 13.9. The topological polar surface area (TPSA) is 116 Å². The number of amides is 2. The van der Waals surface area contributed by atoms with Crippen molar-refractivity contribution in [3.05, 3.63) is 59.2 Å². The highest BCUT2D eigenvalue weighted by molar-refractivity contribution is 7.92. The number of aromatic hydroxyl groups is 1. The van der Waals surface area contributed by atoms with Crippen LogP contribution in [0, 0.1) is 0 Å². The van der Waals surface area contributed by atoms with E-state index < -0.39 is 16.1 Å². The summed E-state index contributed by atoms with van der Waals surface area (Å²) in [5.41, 5.74) is 2.16. The molecule has 0 saturated carbocycles. The smallest absolute Gasteiger partial charge is 0.326 e. The van der Waals surface area contributed by atoms with Gasteiger partial charge in [-0.25, -0.2) is 9.03 Å². The normalized spacial score (nSPS) is 15.6. The van der Waals surface area contributed by atoms with E-state index >= 15 is 0 Å². The molecule has 2 aromatic rings. The maximum atomic E-state index is 11.9. The van der Waals surface area contributed by atoms with Gasteiger partial charge in [-0.05, 0) is 41.8 Å². The van der Waals surface area contributed by atoms with Crippen molar-refractivity contribution in [3.63, 3.8) is 0 Å². The van der Waals surface area contributed by atoms with Crippen LogP contribution in [0.2, 0.25) is 0 Å². The van der Waals surface area contributed by atoms with E-state index in [2.05, 4.69) is 5.32 Å². The van der Waals surface area contributed by atoms with Crippen molar-refractivity contribution in [1.29, 1.82) is 0 Å². The van der Waals surface area contributed by atoms with Crippen LogP contribution in [0.15, 0.2) is 42.5 Å². The molecule has 136 valence electrons. The maximum absolute atomic E-state index is 11.9. The number of nitrogens with one attached hydrogen (secondary N) is 2. The van der Waals surface area contributed by atoms with Gasteiger partial charge >= 0.3 is 10.2 Å². The highest BCUT2D eigenvalue weighted by atomic mass is 32.2. The van der Waals surface area contributed by atoms with E-state index in [1.165, 1.54) is 12.1 Å². The van der Waals surface area contributed by atoms with Gasteiger partial charge < -0.3 is 10.4 Å². The van der Waals surface area contributed by atoms with Crippen LogP contribution in [-0.4, -0.2) is 38.9 Å². The van der Waals surface area contributed by atoms with Crippen LogP contribution in [0.5, 0.6) is 5.75 Å². The van der Waals surface area contributed by atoms with Crippen LogP contribution in [-0.2, 0) is 21.4 Å². The Morgan fingerprint density at radius 2 is 1.96 bits per heavy atom. The number of benzene rings is 2. The molecule has 0 bridgehead atoms. The number of nitrogens with zero attached hydrogens (tertiary/aromatic N) is 1. The minimum atomic E-state index is -3.97. The largest absolute Gasteiger partial charge is 0.506 e. The van der Waals surface area contributed by atoms with Crippen molar-refractivity contribution in [2.45, 2.75) is 6.42 Å². The molecule has 0 aromatic heterocycles. The van der Waals surface area contributed by atoms with Gasteiger partial charge in [0.05, 0.1) is 5.69 Å². The summed E-state index contributed by atoms with van der Waals surface area (Å²) in [4.78, 5) is 23.0. The molecule has 2 aromatic carbocycles. The Labute approximate surface area is 150 Å². The first-order chi connectivity index (χ1) is 12.3. The van der Waals surface area contributed by atoms with E-state index in [4.69, 9.17) is 0 Å². The Bertz CT molecular complexity index is 988. The van der Waals surface area contributed by atoms with Crippen molar-refractivity contribution in [2.75, 3.05) is 17.9 Å². The van der Waals surface area contributed by atoms with E-state index in [1.807, 2.05) is 10.8 Å². The zero-order valence-corrected chi connectivity index (χ0v) is 14.7. The monoisotopic (exact) mass is 375 g/mol. The molecule has 1 saturated heterocycles. The minimum Gasteiger partial charge on any atom is -0.506 e. The maximum Gasteiger partial charge on any atom is 0.326 e. The lowest BCUT2D eigenvalue weighted by molar-refractivity contribution is -0.117. The number of carbonyl (C=O) groups excluding carboxylic acids is 2. The van der Waals surface area contributed by atoms with Crippen molar-refractivity contribution < 1.29 is 23.1 Å². The summed E-state index contributed by atoms with van der Waals surface area (Å²) in [6.07, 6.45) is 0.447. The van der Waals surface area contributed by atoms with Crippen LogP contribution < -0.4 is 14.3 Å². The molecule has 1 aliphatic heterocycles. The predicted octanol–water partition coefficient (Wildman–Crippen LogP) is 0.524. The number of anilines is 1.